The van der Waals surface area contributed by atoms with Crippen molar-refractivity contribution < 1.29 is 9.47 Å². The van der Waals surface area contributed by atoms with Gasteiger partial charge >= 0.3 is 0 Å². The van der Waals surface area contributed by atoms with Gasteiger partial charge in [-0.15, -0.1) is 0 Å². The van der Waals surface area contributed by atoms with Crippen molar-refractivity contribution in [2.75, 3.05) is 14.2 Å². The Balaban J connectivity index is 2.70. The first-order chi connectivity index (χ1) is 9.19. The summed E-state index contributed by atoms with van der Waals surface area (Å²) in [6, 6.07) is 8.28. The molecule has 0 saturated heterocycles. The highest BCUT2D eigenvalue weighted by atomic mass is 16.5. The molecule has 2 aromatic rings. The van der Waals surface area contributed by atoms with E-state index in [1.165, 1.54) is 20.3 Å². The van der Waals surface area contributed by atoms with Crippen LogP contribution in [0.1, 0.15) is 5.56 Å². The van der Waals surface area contributed by atoms with Crippen molar-refractivity contribution in [1.29, 1.82) is 5.26 Å². The Morgan fingerprint density at radius 2 is 2.05 bits per heavy atom. The van der Waals surface area contributed by atoms with Gasteiger partial charge in [0.2, 0.25) is 0 Å². The second-order valence-electron chi connectivity index (χ2n) is 3.67. The molecule has 0 aliphatic rings. The number of aromatic amines is 1. The summed E-state index contributed by atoms with van der Waals surface area (Å²) in [4.78, 5) is 11.2. The fourth-order valence-corrected chi connectivity index (χ4v) is 1.69. The van der Waals surface area contributed by atoms with Crippen LogP contribution in [0.25, 0.3) is 11.3 Å². The average molecular weight is 257 g/mol. The van der Waals surface area contributed by atoms with Crippen LogP contribution in [0, 0.1) is 11.3 Å². The molecule has 1 aromatic heterocycles. The second kappa shape index (κ2) is 5.23. The summed E-state index contributed by atoms with van der Waals surface area (Å²) in [5, 5.41) is 15.3. The number of rotatable bonds is 3. The Bertz CT molecular complexity index is 701. The molecule has 19 heavy (non-hydrogen) atoms. The summed E-state index contributed by atoms with van der Waals surface area (Å²) in [5.41, 5.74) is 0.671. The van der Waals surface area contributed by atoms with E-state index < -0.39 is 5.56 Å². The number of methoxy groups -OCH3 is 2. The van der Waals surface area contributed by atoms with Crippen LogP contribution in [0.4, 0.5) is 0 Å². The lowest BCUT2D eigenvalue weighted by atomic mass is 10.1. The van der Waals surface area contributed by atoms with Gasteiger partial charge in [-0.25, -0.2) is 5.10 Å². The van der Waals surface area contributed by atoms with Gasteiger partial charge in [0.05, 0.1) is 19.8 Å². The van der Waals surface area contributed by atoms with Crippen LogP contribution in [0.15, 0.2) is 29.1 Å². The molecule has 1 aromatic carbocycles. The molecule has 2 rings (SSSR count). The molecule has 0 saturated carbocycles. The third-order valence-corrected chi connectivity index (χ3v) is 2.59. The lowest BCUT2D eigenvalue weighted by molar-refractivity contribution is 0.404. The van der Waals surface area contributed by atoms with Crippen molar-refractivity contribution in [1.82, 2.24) is 10.2 Å². The minimum absolute atomic E-state index is 0.176. The molecule has 0 atom stereocenters. The van der Waals surface area contributed by atoms with E-state index >= 15 is 0 Å². The molecule has 6 nitrogen and oxygen atoms in total. The number of ether oxygens (including phenoxy) is 2. The molecule has 0 spiro atoms. The van der Waals surface area contributed by atoms with Crippen LogP contribution in [0.2, 0.25) is 0 Å². The van der Waals surface area contributed by atoms with Crippen LogP contribution >= 0.6 is 0 Å². The predicted octanol–water partition coefficient (Wildman–Crippen LogP) is 1.33. The van der Waals surface area contributed by atoms with E-state index in [0.717, 1.165) is 0 Å². The topological polar surface area (TPSA) is 88.0 Å². The molecule has 1 N–H and O–H groups in total. The zero-order valence-electron chi connectivity index (χ0n) is 10.4. The Morgan fingerprint density at radius 1 is 1.26 bits per heavy atom. The van der Waals surface area contributed by atoms with Gasteiger partial charge in [0.25, 0.3) is 5.56 Å². The third-order valence-electron chi connectivity index (χ3n) is 2.59. The van der Waals surface area contributed by atoms with Gasteiger partial charge in [0.1, 0.15) is 23.3 Å². The highest BCUT2D eigenvalue weighted by molar-refractivity contribution is 5.73. The highest BCUT2D eigenvalue weighted by Crippen LogP contribution is 2.33. The minimum Gasteiger partial charge on any atom is -0.497 e. The van der Waals surface area contributed by atoms with Gasteiger partial charge in [-0.2, -0.15) is 10.4 Å². The molecule has 0 amide bonds. The summed E-state index contributed by atoms with van der Waals surface area (Å²) in [6.07, 6.45) is 0. The molecular formula is C13H11N3O3. The summed E-state index contributed by atoms with van der Waals surface area (Å²) in [5.74, 6) is 1.14. The Morgan fingerprint density at radius 3 is 2.68 bits per heavy atom. The summed E-state index contributed by atoms with van der Waals surface area (Å²) in [7, 11) is 3.06. The standard InChI is InChI=1S/C13H11N3O3/c1-18-9-3-4-11(19-2)10(6-9)13-8(7-14)5-12(17)15-16-13/h3-6H,1-2H3,(H,15,17). The van der Waals surface area contributed by atoms with Gasteiger partial charge in [0.15, 0.2) is 0 Å². The molecule has 1 heterocycles. The van der Waals surface area contributed by atoms with Gasteiger partial charge in [-0.05, 0) is 18.2 Å². The molecule has 0 bridgehead atoms. The van der Waals surface area contributed by atoms with Crippen molar-refractivity contribution in [2.24, 2.45) is 0 Å². The van der Waals surface area contributed by atoms with E-state index in [1.807, 2.05) is 6.07 Å². The molecule has 0 fully saturated rings. The first-order valence-corrected chi connectivity index (χ1v) is 5.42. The maximum Gasteiger partial charge on any atom is 0.265 e. The van der Waals surface area contributed by atoms with Crippen molar-refractivity contribution in [3.63, 3.8) is 0 Å². The Labute approximate surface area is 109 Å². The number of aromatic nitrogens is 2. The molecule has 0 aliphatic carbocycles. The lowest BCUT2D eigenvalue weighted by Crippen LogP contribution is -2.09. The van der Waals surface area contributed by atoms with Crippen LogP contribution in [0.3, 0.4) is 0 Å². The first kappa shape index (κ1) is 12.6. The quantitative estimate of drug-likeness (QED) is 0.896. The number of nitrogens with one attached hydrogen (secondary N) is 1. The van der Waals surface area contributed by atoms with Crippen LogP contribution < -0.4 is 15.0 Å². The number of H-pyrrole nitrogens is 1. The first-order valence-electron chi connectivity index (χ1n) is 5.42. The number of hydrogen-bond donors (Lipinski definition) is 1. The van der Waals surface area contributed by atoms with Crippen LogP contribution in [-0.4, -0.2) is 24.4 Å². The fourth-order valence-electron chi connectivity index (χ4n) is 1.69. The van der Waals surface area contributed by atoms with Gasteiger partial charge in [-0.3, -0.25) is 4.79 Å². The molecule has 0 radical (unpaired) electrons. The Kier molecular flexibility index (Phi) is 3.48. The maximum absolute atomic E-state index is 11.2. The van der Waals surface area contributed by atoms with E-state index in [0.29, 0.717) is 22.8 Å². The smallest absolute Gasteiger partial charge is 0.265 e. The van der Waals surface area contributed by atoms with Gasteiger partial charge in [-0.1, -0.05) is 0 Å². The predicted molar refractivity (Wildman–Crippen MR) is 68.1 cm³/mol. The van der Waals surface area contributed by atoms with E-state index in [-0.39, 0.29) is 5.56 Å². The van der Waals surface area contributed by atoms with E-state index in [9.17, 15) is 4.79 Å². The number of nitrogens with zero attached hydrogens (tertiary/aromatic N) is 2. The lowest BCUT2D eigenvalue weighted by Gasteiger charge is -2.10. The SMILES string of the molecule is COc1ccc(OC)c(-c2n[nH]c(=O)cc2C#N)c1. The van der Waals surface area contributed by atoms with Crippen molar-refractivity contribution in [2.45, 2.75) is 0 Å². The molecule has 0 aliphatic heterocycles. The molecule has 6 heteroatoms. The monoisotopic (exact) mass is 257 g/mol. The van der Waals surface area contributed by atoms with Crippen molar-refractivity contribution in [3.05, 3.63) is 40.2 Å². The van der Waals surface area contributed by atoms with Gasteiger partial charge < -0.3 is 9.47 Å². The van der Waals surface area contributed by atoms with E-state index in [1.54, 1.807) is 18.2 Å². The van der Waals surface area contributed by atoms with Gasteiger partial charge in [0, 0.05) is 11.6 Å². The Hall–Kier alpha value is -2.81. The van der Waals surface area contributed by atoms with Crippen LogP contribution in [-0.2, 0) is 0 Å². The fraction of sp³-hybridized carbons (Fsp3) is 0.154. The number of nitriles is 1. The zero-order valence-corrected chi connectivity index (χ0v) is 10.4. The summed E-state index contributed by atoms with van der Waals surface area (Å²) >= 11 is 0. The minimum atomic E-state index is -0.429. The largest absolute Gasteiger partial charge is 0.497 e. The van der Waals surface area contributed by atoms with Crippen molar-refractivity contribution in [3.8, 4) is 28.8 Å². The molecule has 0 unspecified atom stereocenters. The maximum atomic E-state index is 11.2. The number of benzene rings is 1. The van der Waals surface area contributed by atoms with E-state index in [2.05, 4.69) is 10.2 Å². The molecular weight excluding hydrogens is 246 g/mol. The van der Waals surface area contributed by atoms with Crippen LogP contribution in [0.5, 0.6) is 11.5 Å². The summed E-state index contributed by atoms with van der Waals surface area (Å²) in [6.45, 7) is 0. The average Bonchev–Trinajstić information content (AvgIpc) is 2.46. The number of hydrogen-bond acceptors (Lipinski definition) is 5. The third kappa shape index (κ3) is 2.40. The van der Waals surface area contributed by atoms with Crippen molar-refractivity contribution >= 4 is 0 Å². The molecule has 96 valence electrons. The highest BCUT2D eigenvalue weighted by Gasteiger charge is 2.14. The zero-order chi connectivity index (χ0) is 13.8. The van der Waals surface area contributed by atoms with E-state index in [4.69, 9.17) is 14.7 Å². The summed E-state index contributed by atoms with van der Waals surface area (Å²) < 4.78 is 10.4. The normalized spacial score (nSPS) is 9.74. The second-order valence-corrected chi connectivity index (χ2v) is 3.67.